The summed E-state index contributed by atoms with van der Waals surface area (Å²) in [4.78, 5) is 23.3. The van der Waals surface area contributed by atoms with E-state index in [1.807, 2.05) is 79.1 Å². The number of amides is 1. The van der Waals surface area contributed by atoms with Crippen molar-refractivity contribution in [1.29, 1.82) is 0 Å². The lowest BCUT2D eigenvalue weighted by Gasteiger charge is -2.10. The van der Waals surface area contributed by atoms with Crippen molar-refractivity contribution in [2.45, 2.75) is 16.3 Å². The third-order valence-corrected chi connectivity index (χ3v) is 6.57. The van der Waals surface area contributed by atoms with Gasteiger partial charge in [0.25, 0.3) is 0 Å². The highest BCUT2D eigenvalue weighted by Gasteiger charge is 2.13. The zero-order valence-electron chi connectivity index (χ0n) is 16.8. The van der Waals surface area contributed by atoms with Crippen molar-refractivity contribution in [3.63, 3.8) is 0 Å². The first-order valence-corrected chi connectivity index (χ1v) is 12.3. The molecule has 0 saturated carbocycles. The fourth-order valence-electron chi connectivity index (χ4n) is 3.08. The van der Waals surface area contributed by atoms with Gasteiger partial charge in [-0.1, -0.05) is 53.7 Å². The molecule has 31 heavy (non-hydrogen) atoms. The number of carbonyl (C=O) groups is 1. The number of hydrogen-bond acceptors (Lipinski definition) is 5. The van der Waals surface area contributed by atoms with Gasteiger partial charge in [-0.2, -0.15) is 0 Å². The molecule has 0 fully saturated rings. The average molecular weight is 466 g/mol. The van der Waals surface area contributed by atoms with E-state index in [1.165, 1.54) is 11.8 Å². The highest BCUT2D eigenvalue weighted by Crippen LogP contribution is 2.26. The number of rotatable bonds is 7. The molecule has 0 bridgehead atoms. The number of aromatic nitrogens is 2. The molecular weight excluding hydrogens is 446 g/mol. The number of benzene rings is 3. The molecule has 0 spiro atoms. The van der Waals surface area contributed by atoms with Crippen molar-refractivity contribution in [3.05, 3.63) is 89.1 Å². The predicted molar refractivity (Wildman–Crippen MR) is 131 cm³/mol. The van der Waals surface area contributed by atoms with Gasteiger partial charge in [-0.05, 0) is 54.3 Å². The number of nitrogens with zero attached hydrogens (tertiary/aromatic N) is 2. The van der Waals surface area contributed by atoms with Crippen LogP contribution in [-0.2, 0) is 11.2 Å². The van der Waals surface area contributed by atoms with Crippen LogP contribution in [0.2, 0.25) is 5.02 Å². The number of fused-ring (bicyclic) bond motifs is 1. The van der Waals surface area contributed by atoms with Crippen molar-refractivity contribution in [2.75, 3.05) is 17.3 Å². The highest BCUT2D eigenvalue weighted by atomic mass is 35.5. The number of thioether (sulfide) groups is 2. The first kappa shape index (κ1) is 21.7. The first-order valence-electron chi connectivity index (χ1n) is 9.67. The Kier molecular flexibility index (Phi) is 7.12. The summed E-state index contributed by atoms with van der Waals surface area (Å²) in [5.74, 6) is 0.181. The SMILES string of the molecule is CSc1cccc(NC(=O)CSc2nc3ccccc3nc2Cc2ccc(Cl)cc2)c1. The van der Waals surface area contributed by atoms with E-state index in [0.717, 1.165) is 37.9 Å². The third kappa shape index (κ3) is 5.79. The number of anilines is 1. The largest absolute Gasteiger partial charge is 0.325 e. The van der Waals surface area contributed by atoms with Gasteiger partial charge >= 0.3 is 0 Å². The molecule has 0 atom stereocenters. The summed E-state index contributed by atoms with van der Waals surface area (Å²) in [6.07, 6.45) is 2.63. The van der Waals surface area contributed by atoms with E-state index in [4.69, 9.17) is 21.6 Å². The zero-order chi connectivity index (χ0) is 21.6. The van der Waals surface area contributed by atoms with Crippen LogP contribution in [0.15, 0.2) is 82.7 Å². The Morgan fingerprint density at radius 2 is 1.71 bits per heavy atom. The summed E-state index contributed by atoms with van der Waals surface area (Å²) in [6, 6.07) is 23.3. The molecule has 1 aromatic heterocycles. The highest BCUT2D eigenvalue weighted by molar-refractivity contribution is 8.00. The second kappa shape index (κ2) is 10.2. The summed E-state index contributed by atoms with van der Waals surface area (Å²) >= 11 is 9.06. The molecule has 0 unspecified atom stereocenters. The quantitative estimate of drug-likeness (QED) is 0.323. The monoisotopic (exact) mass is 465 g/mol. The normalized spacial score (nSPS) is 10.9. The molecule has 4 nitrogen and oxygen atoms in total. The summed E-state index contributed by atoms with van der Waals surface area (Å²) in [5, 5.41) is 4.43. The van der Waals surface area contributed by atoms with Crippen LogP contribution in [0.25, 0.3) is 11.0 Å². The van der Waals surface area contributed by atoms with Crippen LogP contribution in [-0.4, -0.2) is 27.9 Å². The summed E-state index contributed by atoms with van der Waals surface area (Å²) in [7, 11) is 0. The van der Waals surface area contributed by atoms with E-state index in [-0.39, 0.29) is 11.7 Å². The number of nitrogens with one attached hydrogen (secondary N) is 1. The predicted octanol–water partition coefficient (Wildman–Crippen LogP) is 6.33. The van der Waals surface area contributed by atoms with Gasteiger partial charge in [0.2, 0.25) is 5.91 Å². The Bertz CT molecular complexity index is 1220. The van der Waals surface area contributed by atoms with Crippen molar-refractivity contribution in [3.8, 4) is 0 Å². The van der Waals surface area contributed by atoms with Crippen LogP contribution >= 0.6 is 35.1 Å². The van der Waals surface area contributed by atoms with E-state index < -0.39 is 0 Å². The van der Waals surface area contributed by atoms with Crippen LogP contribution in [0.4, 0.5) is 5.69 Å². The molecule has 7 heteroatoms. The fourth-order valence-corrected chi connectivity index (χ4v) is 4.45. The van der Waals surface area contributed by atoms with Gasteiger partial charge in [0.05, 0.1) is 22.5 Å². The minimum absolute atomic E-state index is 0.0735. The maximum Gasteiger partial charge on any atom is 0.234 e. The lowest BCUT2D eigenvalue weighted by atomic mass is 10.1. The van der Waals surface area contributed by atoms with Crippen LogP contribution in [0.3, 0.4) is 0 Å². The second-order valence-electron chi connectivity index (χ2n) is 6.84. The molecule has 0 radical (unpaired) electrons. The van der Waals surface area contributed by atoms with Gasteiger partial charge < -0.3 is 5.32 Å². The molecule has 3 aromatic carbocycles. The molecule has 4 aromatic rings. The maximum atomic E-state index is 12.6. The Labute approximate surface area is 194 Å². The Morgan fingerprint density at radius 1 is 0.968 bits per heavy atom. The van der Waals surface area contributed by atoms with E-state index >= 15 is 0 Å². The molecule has 1 amide bonds. The Morgan fingerprint density at radius 3 is 2.45 bits per heavy atom. The van der Waals surface area contributed by atoms with Crippen LogP contribution in [0.5, 0.6) is 0 Å². The smallest absolute Gasteiger partial charge is 0.234 e. The Balaban J connectivity index is 1.53. The average Bonchev–Trinajstić information content (AvgIpc) is 2.79. The zero-order valence-corrected chi connectivity index (χ0v) is 19.2. The number of carbonyl (C=O) groups excluding carboxylic acids is 1. The molecular formula is C24H20ClN3OS2. The standard InChI is InChI=1S/C24H20ClN3OS2/c1-30-19-6-4-5-18(14-19)26-23(29)15-31-24-22(13-16-9-11-17(25)12-10-16)27-20-7-2-3-8-21(20)28-24/h2-12,14H,13,15H2,1H3,(H,26,29). The third-order valence-electron chi connectivity index (χ3n) is 4.58. The number of halogens is 1. The molecule has 0 aliphatic carbocycles. The summed E-state index contributed by atoms with van der Waals surface area (Å²) in [6.45, 7) is 0. The van der Waals surface area contributed by atoms with Gasteiger partial charge in [0.1, 0.15) is 5.03 Å². The molecule has 156 valence electrons. The Hall–Kier alpha value is -2.54. The number of para-hydroxylation sites is 2. The topological polar surface area (TPSA) is 54.9 Å². The van der Waals surface area contributed by atoms with E-state index in [0.29, 0.717) is 11.4 Å². The van der Waals surface area contributed by atoms with Crippen molar-refractivity contribution in [1.82, 2.24) is 9.97 Å². The molecule has 0 aliphatic heterocycles. The van der Waals surface area contributed by atoms with Crippen molar-refractivity contribution >= 4 is 57.8 Å². The minimum atomic E-state index is -0.0735. The van der Waals surface area contributed by atoms with Gasteiger partial charge in [0.15, 0.2) is 0 Å². The van der Waals surface area contributed by atoms with E-state index in [1.54, 1.807) is 11.8 Å². The van der Waals surface area contributed by atoms with Gasteiger partial charge in [-0.25, -0.2) is 9.97 Å². The number of hydrogen-bond donors (Lipinski definition) is 1. The second-order valence-corrected chi connectivity index (χ2v) is 9.12. The van der Waals surface area contributed by atoms with Crippen LogP contribution < -0.4 is 5.32 Å². The molecule has 0 aliphatic rings. The summed E-state index contributed by atoms with van der Waals surface area (Å²) < 4.78 is 0. The van der Waals surface area contributed by atoms with Crippen LogP contribution in [0.1, 0.15) is 11.3 Å². The first-order chi connectivity index (χ1) is 15.1. The van der Waals surface area contributed by atoms with Gasteiger partial charge in [-0.3, -0.25) is 4.79 Å². The van der Waals surface area contributed by atoms with E-state index in [2.05, 4.69) is 5.32 Å². The molecule has 4 rings (SSSR count). The summed E-state index contributed by atoms with van der Waals surface area (Å²) in [5.41, 5.74) is 4.40. The maximum absolute atomic E-state index is 12.6. The fraction of sp³-hybridized carbons (Fsp3) is 0.125. The lowest BCUT2D eigenvalue weighted by Crippen LogP contribution is -2.14. The van der Waals surface area contributed by atoms with Crippen molar-refractivity contribution in [2.24, 2.45) is 0 Å². The molecule has 1 heterocycles. The lowest BCUT2D eigenvalue weighted by molar-refractivity contribution is -0.113. The van der Waals surface area contributed by atoms with Crippen LogP contribution in [0, 0.1) is 0 Å². The van der Waals surface area contributed by atoms with Gasteiger partial charge in [-0.15, -0.1) is 11.8 Å². The van der Waals surface area contributed by atoms with Gasteiger partial charge in [0, 0.05) is 22.0 Å². The van der Waals surface area contributed by atoms with Crippen molar-refractivity contribution < 1.29 is 4.79 Å². The molecule has 0 saturated heterocycles. The molecule has 1 N–H and O–H groups in total. The van der Waals surface area contributed by atoms with E-state index in [9.17, 15) is 4.79 Å². The minimum Gasteiger partial charge on any atom is -0.325 e.